The molecule has 9 nitrogen and oxygen atoms in total. The molecule has 0 fully saturated rings. The van der Waals surface area contributed by atoms with Crippen LogP contribution in [0, 0.1) is 0 Å². The molecule has 0 aliphatic rings. The first-order chi connectivity index (χ1) is 14.5. The van der Waals surface area contributed by atoms with E-state index >= 15 is 0 Å². The van der Waals surface area contributed by atoms with Gasteiger partial charge in [0.1, 0.15) is 12.3 Å². The molecule has 0 heterocycles. The van der Waals surface area contributed by atoms with Crippen LogP contribution in [0.15, 0.2) is 48.5 Å². The summed E-state index contributed by atoms with van der Waals surface area (Å²) < 4.78 is 37.0. The monoisotopic (exact) mass is 442 g/mol. The highest BCUT2D eigenvalue weighted by Gasteiger charge is 2.38. The molecule has 2 aromatic rings. The fourth-order valence-electron chi connectivity index (χ4n) is 1.98. The Morgan fingerprint density at radius 2 is 1.52 bits per heavy atom. The van der Waals surface area contributed by atoms with E-state index in [0.29, 0.717) is 24.2 Å². The van der Waals surface area contributed by atoms with Crippen LogP contribution < -0.4 is 15.4 Å². The summed E-state index contributed by atoms with van der Waals surface area (Å²) in [5, 5.41) is 15.9. The first kappa shape index (κ1) is 25.1. The standard InChI is InChI=1S/C17H16N2O5.C2HF3O2/c18-9-12-1-3-13(4-2-12)17(23)24-15-7-5-14(6-8-15)19(11-20)10-16(21)22;3-2(4,5)1(6)7/h1-8,11H,9-10,18H2,(H,21,22);(H,6,7). The number of nitrogens with two attached hydrogens (primary N) is 1. The lowest BCUT2D eigenvalue weighted by molar-refractivity contribution is -0.192. The molecule has 4 N–H and O–H groups in total. The Morgan fingerprint density at radius 3 is 1.90 bits per heavy atom. The molecule has 166 valence electrons. The molecule has 0 aliphatic heterocycles. The number of halogens is 3. The Labute approximate surface area is 173 Å². The van der Waals surface area contributed by atoms with Gasteiger partial charge in [-0.3, -0.25) is 9.59 Å². The molecular formula is C19H17F3N2O7. The number of aliphatic carboxylic acids is 2. The number of alkyl halides is 3. The molecule has 12 heteroatoms. The predicted octanol–water partition coefficient (Wildman–Crippen LogP) is 2.05. The highest BCUT2D eigenvalue weighted by molar-refractivity contribution is 5.91. The molecule has 0 saturated carbocycles. The average molecular weight is 442 g/mol. The summed E-state index contributed by atoms with van der Waals surface area (Å²) in [6.45, 7) is -0.0590. The van der Waals surface area contributed by atoms with Crippen molar-refractivity contribution >= 4 is 30.0 Å². The number of carboxylic acids is 2. The largest absolute Gasteiger partial charge is 0.490 e. The number of hydrogen-bond acceptors (Lipinski definition) is 6. The maximum atomic E-state index is 12.0. The van der Waals surface area contributed by atoms with E-state index in [1.54, 1.807) is 24.3 Å². The van der Waals surface area contributed by atoms with Crippen LogP contribution in [0.4, 0.5) is 18.9 Å². The van der Waals surface area contributed by atoms with Crippen molar-refractivity contribution < 1.29 is 47.3 Å². The van der Waals surface area contributed by atoms with Crippen LogP contribution in [0.5, 0.6) is 5.75 Å². The Kier molecular flexibility index (Phi) is 9.16. The molecule has 0 radical (unpaired) electrons. The van der Waals surface area contributed by atoms with Crippen LogP contribution in [0.1, 0.15) is 15.9 Å². The van der Waals surface area contributed by atoms with Gasteiger partial charge in [0.05, 0.1) is 5.56 Å². The molecule has 31 heavy (non-hydrogen) atoms. The van der Waals surface area contributed by atoms with Gasteiger partial charge in [-0.1, -0.05) is 12.1 Å². The summed E-state index contributed by atoms with van der Waals surface area (Å²) in [6, 6.07) is 12.7. The summed E-state index contributed by atoms with van der Waals surface area (Å²) in [5.74, 6) is -4.12. The number of carboxylic acid groups (broad SMARTS) is 2. The quantitative estimate of drug-likeness (QED) is 0.335. The third kappa shape index (κ3) is 8.53. The van der Waals surface area contributed by atoms with Crippen LogP contribution in [-0.2, 0) is 20.9 Å². The van der Waals surface area contributed by atoms with Gasteiger partial charge in [-0.25, -0.2) is 9.59 Å². The SMILES string of the molecule is NCc1ccc(C(=O)Oc2ccc(N(C=O)CC(=O)O)cc2)cc1.O=C(O)C(F)(F)F. The zero-order valence-corrected chi connectivity index (χ0v) is 15.7. The Bertz CT molecular complexity index is 914. The van der Waals surface area contributed by atoms with Crippen LogP contribution in [0.2, 0.25) is 0 Å². The first-order valence-corrected chi connectivity index (χ1v) is 8.33. The highest BCUT2D eigenvalue weighted by atomic mass is 19.4. The Hall–Kier alpha value is -3.93. The first-order valence-electron chi connectivity index (χ1n) is 8.33. The lowest BCUT2D eigenvalue weighted by Gasteiger charge is -2.15. The average Bonchev–Trinajstić information content (AvgIpc) is 2.72. The van der Waals surface area contributed by atoms with Crippen molar-refractivity contribution in [2.24, 2.45) is 5.73 Å². The zero-order chi connectivity index (χ0) is 23.6. The molecule has 2 rings (SSSR count). The molecule has 0 saturated heterocycles. The number of nitrogens with zero attached hydrogens (tertiary/aromatic N) is 1. The van der Waals surface area contributed by atoms with Gasteiger partial charge in [0, 0.05) is 12.2 Å². The minimum absolute atomic E-state index is 0.285. The number of carbonyl (C=O) groups is 4. The Morgan fingerprint density at radius 1 is 1.00 bits per heavy atom. The van der Waals surface area contributed by atoms with Crippen molar-refractivity contribution in [2.45, 2.75) is 12.7 Å². The molecular weight excluding hydrogens is 425 g/mol. The van der Waals surface area contributed by atoms with Crippen molar-refractivity contribution in [3.05, 3.63) is 59.7 Å². The van der Waals surface area contributed by atoms with Crippen molar-refractivity contribution in [3.63, 3.8) is 0 Å². The van der Waals surface area contributed by atoms with Gasteiger partial charge < -0.3 is 25.6 Å². The topological polar surface area (TPSA) is 147 Å². The number of amides is 1. The predicted molar refractivity (Wildman–Crippen MR) is 100 cm³/mol. The maximum absolute atomic E-state index is 12.0. The van der Waals surface area contributed by atoms with Crippen LogP contribution in [0.3, 0.4) is 0 Å². The maximum Gasteiger partial charge on any atom is 0.490 e. The summed E-state index contributed by atoms with van der Waals surface area (Å²) >= 11 is 0. The van der Waals surface area contributed by atoms with E-state index < -0.39 is 30.6 Å². The van der Waals surface area contributed by atoms with Gasteiger partial charge in [0.25, 0.3) is 0 Å². The van der Waals surface area contributed by atoms with Crippen molar-refractivity contribution in [3.8, 4) is 5.75 Å². The lowest BCUT2D eigenvalue weighted by Crippen LogP contribution is -2.27. The number of carbonyl (C=O) groups excluding carboxylic acids is 2. The smallest absolute Gasteiger partial charge is 0.480 e. The minimum atomic E-state index is -5.08. The summed E-state index contributed by atoms with van der Waals surface area (Å²) in [5.41, 5.74) is 7.18. The van der Waals surface area contributed by atoms with Gasteiger partial charge in [0.15, 0.2) is 0 Å². The molecule has 1 amide bonds. The van der Waals surface area contributed by atoms with E-state index in [4.69, 9.17) is 25.5 Å². The summed E-state index contributed by atoms with van der Waals surface area (Å²) in [7, 11) is 0. The molecule has 0 bridgehead atoms. The fourth-order valence-corrected chi connectivity index (χ4v) is 1.98. The van der Waals surface area contributed by atoms with Crippen molar-refractivity contribution in [1.29, 1.82) is 0 Å². The Balaban J connectivity index is 0.000000592. The van der Waals surface area contributed by atoms with Crippen molar-refractivity contribution in [2.75, 3.05) is 11.4 Å². The summed E-state index contributed by atoms with van der Waals surface area (Å²) in [6.07, 6.45) is -4.66. The van der Waals surface area contributed by atoms with Gasteiger partial charge >= 0.3 is 24.1 Å². The molecule has 2 aromatic carbocycles. The highest BCUT2D eigenvalue weighted by Crippen LogP contribution is 2.20. The number of anilines is 1. The lowest BCUT2D eigenvalue weighted by atomic mass is 10.1. The van der Waals surface area contributed by atoms with E-state index in [1.165, 1.54) is 24.3 Å². The number of rotatable bonds is 7. The van der Waals surface area contributed by atoms with E-state index in [9.17, 15) is 27.6 Å². The minimum Gasteiger partial charge on any atom is -0.480 e. The molecule has 0 spiro atoms. The second kappa shape index (κ2) is 11.3. The normalized spacial score (nSPS) is 10.3. The van der Waals surface area contributed by atoms with E-state index in [0.717, 1.165) is 10.5 Å². The fraction of sp³-hybridized carbons (Fsp3) is 0.158. The van der Waals surface area contributed by atoms with E-state index in [1.807, 2.05) is 0 Å². The number of esters is 1. The van der Waals surface area contributed by atoms with E-state index in [-0.39, 0.29) is 5.75 Å². The van der Waals surface area contributed by atoms with Gasteiger partial charge in [-0.15, -0.1) is 0 Å². The van der Waals surface area contributed by atoms with Crippen molar-refractivity contribution in [1.82, 2.24) is 0 Å². The molecule has 0 atom stereocenters. The number of ether oxygens (including phenoxy) is 1. The third-order valence-corrected chi connectivity index (χ3v) is 3.48. The van der Waals surface area contributed by atoms with Gasteiger partial charge in [-0.05, 0) is 42.0 Å². The molecule has 0 aromatic heterocycles. The molecule has 0 aliphatic carbocycles. The van der Waals surface area contributed by atoms with Gasteiger partial charge in [0.2, 0.25) is 6.41 Å². The summed E-state index contributed by atoms with van der Waals surface area (Å²) in [4.78, 5) is 43.5. The molecule has 0 unspecified atom stereocenters. The zero-order valence-electron chi connectivity index (χ0n) is 15.7. The second-order valence-corrected chi connectivity index (χ2v) is 5.71. The number of hydrogen-bond donors (Lipinski definition) is 3. The van der Waals surface area contributed by atoms with Crippen LogP contribution >= 0.6 is 0 Å². The van der Waals surface area contributed by atoms with Crippen LogP contribution in [0.25, 0.3) is 0 Å². The third-order valence-electron chi connectivity index (χ3n) is 3.48. The van der Waals surface area contributed by atoms with Crippen LogP contribution in [-0.4, -0.2) is 47.3 Å². The van der Waals surface area contributed by atoms with Gasteiger partial charge in [-0.2, -0.15) is 13.2 Å². The second-order valence-electron chi connectivity index (χ2n) is 5.71. The van der Waals surface area contributed by atoms with E-state index in [2.05, 4.69) is 0 Å². The number of benzene rings is 2.